The van der Waals surface area contributed by atoms with Crippen LogP contribution in [0.5, 0.6) is 5.75 Å². The van der Waals surface area contributed by atoms with Crippen molar-refractivity contribution in [3.63, 3.8) is 0 Å². The second-order valence-electron chi connectivity index (χ2n) is 3.98. The van der Waals surface area contributed by atoms with Gasteiger partial charge in [-0.2, -0.15) is 0 Å². The summed E-state index contributed by atoms with van der Waals surface area (Å²) in [4.78, 5) is 11.5. The Balaban J connectivity index is 0.000000771. The first-order chi connectivity index (χ1) is 8.46. The minimum absolute atomic E-state index is 0.0618. The van der Waals surface area contributed by atoms with Gasteiger partial charge in [0.15, 0.2) is 0 Å². The number of nitrogens with one attached hydrogen (secondary N) is 1. The standard InChI is InChI=1S/C11H11F2NO2.C2H4/c12-11(13)5-8(6-11)14-10(16)7-1-3-9(15)4-2-7;1-2/h1-4,8,15H,5-6H2,(H,14,16);1-2H2. The van der Waals surface area contributed by atoms with E-state index in [2.05, 4.69) is 18.5 Å². The van der Waals surface area contributed by atoms with E-state index in [1.807, 2.05) is 0 Å². The molecular weight excluding hydrogens is 240 g/mol. The first-order valence-electron chi connectivity index (χ1n) is 5.44. The summed E-state index contributed by atoms with van der Waals surface area (Å²) in [6, 6.07) is 5.20. The van der Waals surface area contributed by atoms with Crippen LogP contribution in [-0.4, -0.2) is 23.0 Å². The zero-order valence-electron chi connectivity index (χ0n) is 9.83. The summed E-state index contributed by atoms with van der Waals surface area (Å²) in [6.45, 7) is 6.00. The summed E-state index contributed by atoms with van der Waals surface area (Å²) in [5.41, 5.74) is 0.355. The topological polar surface area (TPSA) is 49.3 Å². The molecule has 0 aromatic heterocycles. The zero-order chi connectivity index (χ0) is 13.8. The van der Waals surface area contributed by atoms with Crippen LogP contribution in [0.25, 0.3) is 0 Å². The smallest absolute Gasteiger partial charge is 0.252 e. The number of aromatic hydroxyl groups is 1. The fourth-order valence-corrected chi connectivity index (χ4v) is 1.64. The van der Waals surface area contributed by atoms with Crippen molar-refractivity contribution in [1.29, 1.82) is 0 Å². The molecular formula is C13H15F2NO2. The Morgan fingerprint density at radius 2 is 1.78 bits per heavy atom. The van der Waals surface area contributed by atoms with Crippen LogP contribution in [-0.2, 0) is 0 Å². The van der Waals surface area contributed by atoms with E-state index in [1.54, 1.807) is 0 Å². The second kappa shape index (κ2) is 5.62. The summed E-state index contributed by atoms with van der Waals surface area (Å²) in [6.07, 6.45) is -0.590. The van der Waals surface area contributed by atoms with Crippen LogP contribution in [0.2, 0.25) is 0 Å². The van der Waals surface area contributed by atoms with Gasteiger partial charge in [-0.1, -0.05) is 0 Å². The van der Waals surface area contributed by atoms with Crippen LogP contribution >= 0.6 is 0 Å². The highest BCUT2D eigenvalue weighted by Gasteiger charge is 2.45. The number of alkyl halides is 2. The molecule has 1 saturated carbocycles. The van der Waals surface area contributed by atoms with Gasteiger partial charge in [0.2, 0.25) is 0 Å². The normalized spacial score (nSPS) is 17.0. The Bertz CT molecular complexity index is 410. The Morgan fingerprint density at radius 1 is 1.28 bits per heavy atom. The fourth-order valence-electron chi connectivity index (χ4n) is 1.64. The third-order valence-corrected chi connectivity index (χ3v) is 2.55. The van der Waals surface area contributed by atoms with Crippen molar-refractivity contribution < 1.29 is 18.7 Å². The van der Waals surface area contributed by atoms with Crippen molar-refractivity contribution in [3.05, 3.63) is 43.0 Å². The Morgan fingerprint density at radius 3 is 2.22 bits per heavy atom. The highest BCUT2D eigenvalue weighted by molar-refractivity contribution is 5.94. The molecule has 1 aliphatic rings. The summed E-state index contributed by atoms with van der Waals surface area (Å²) in [7, 11) is 0. The van der Waals surface area contributed by atoms with Gasteiger partial charge < -0.3 is 10.4 Å². The number of phenols is 1. The third kappa shape index (κ3) is 3.55. The van der Waals surface area contributed by atoms with Crippen LogP contribution in [0.4, 0.5) is 8.78 Å². The lowest BCUT2D eigenvalue weighted by Gasteiger charge is -2.35. The van der Waals surface area contributed by atoms with Crippen LogP contribution in [0.3, 0.4) is 0 Å². The molecule has 18 heavy (non-hydrogen) atoms. The number of benzene rings is 1. The molecule has 0 radical (unpaired) electrons. The van der Waals surface area contributed by atoms with E-state index in [-0.39, 0.29) is 24.5 Å². The van der Waals surface area contributed by atoms with E-state index in [1.165, 1.54) is 24.3 Å². The third-order valence-electron chi connectivity index (χ3n) is 2.55. The van der Waals surface area contributed by atoms with Gasteiger partial charge in [-0.3, -0.25) is 4.79 Å². The Hall–Kier alpha value is -1.91. The average Bonchev–Trinajstić information content (AvgIpc) is 2.30. The van der Waals surface area contributed by atoms with Crippen molar-refractivity contribution in [2.75, 3.05) is 0 Å². The van der Waals surface area contributed by atoms with E-state index in [0.29, 0.717) is 5.56 Å². The van der Waals surface area contributed by atoms with Crippen molar-refractivity contribution >= 4 is 5.91 Å². The molecule has 0 saturated heterocycles. The summed E-state index contributed by atoms with van der Waals surface area (Å²) in [5, 5.41) is 11.5. The number of amides is 1. The van der Waals surface area contributed by atoms with Gasteiger partial charge in [0, 0.05) is 24.4 Å². The molecule has 2 rings (SSSR count). The highest BCUT2D eigenvalue weighted by Crippen LogP contribution is 2.37. The monoisotopic (exact) mass is 255 g/mol. The first kappa shape index (κ1) is 14.2. The van der Waals surface area contributed by atoms with Crippen LogP contribution in [0.15, 0.2) is 37.4 Å². The lowest BCUT2D eigenvalue weighted by Crippen LogP contribution is -2.50. The van der Waals surface area contributed by atoms with Gasteiger partial charge in [0.1, 0.15) is 5.75 Å². The molecule has 0 bridgehead atoms. The molecule has 3 nitrogen and oxygen atoms in total. The predicted octanol–water partition coefficient (Wildman–Crippen LogP) is 2.72. The number of hydrogen-bond acceptors (Lipinski definition) is 2. The molecule has 1 aromatic rings. The number of rotatable bonds is 2. The Kier molecular flexibility index (Phi) is 4.42. The molecule has 0 spiro atoms. The molecule has 0 heterocycles. The summed E-state index contributed by atoms with van der Waals surface area (Å²) < 4.78 is 25.0. The molecule has 0 unspecified atom stereocenters. The molecule has 1 aliphatic carbocycles. The maximum atomic E-state index is 12.5. The maximum absolute atomic E-state index is 12.5. The predicted molar refractivity (Wildman–Crippen MR) is 64.8 cm³/mol. The van der Waals surface area contributed by atoms with Crippen molar-refractivity contribution in [3.8, 4) is 5.75 Å². The summed E-state index contributed by atoms with van der Waals surface area (Å²) in [5.74, 6) is -2.96. The van der Waals surface area contributed by atoms with Gasteiger partial charge in [-0.15, -0.1) is 13.2 Å². The lowest BCUT2D eigenvalue weighted by atomic mass is 9.88. The molecule has 98 valence electrons. The van der Waals surface area contributed by atoms with E-state index >= 15 is 0 Å². The van der Waals surface area contributed by atoms with E-state index < -0.39 is 12.0 Å². The van der Waals surface area contributed by atoms with E-state index in [9.17, 15) is 13.6 Å². The van der Waals surface area contributed by atoms with Gasteiger partial charge in [-0.05, 0) is 24.3 Å². The van der Waals surface area contributed by atoms with Crippen LogP contribution in [0, 0.1) is 0 Å². The number of carbonyl (C=O) groups is 1. The van der Waals surface area contributed by atoms with Crippen molar-refractivity contribution in [1.82, 2.24) is 5.32 Å². The number of halogens is 2. The number of hydrogen-bond donors (Lipinski definition) is 2. The maximum Gasteiger partial charge on any atom is 0.252 e. The summed E-state index contributed by atoms with van der Waals surface area (Å²) >= 11 is 0. The van der Waals surface area contributed by atoms with Crippen molar-refractivity contribution in [2.45, 2.75) is 24.8 Å². The molecule has 5 heteroatoms. The molecule has 2 N–H and O–H groups in total. The average molecular weight is 255 g/mol. The molecule has 0 atom stereocenters. The largest absolute Gasteiger partial charge is 0.508 e. The first-order valence-corrected chi connectivity index (χ1v) is 5.44. The molecule has 1 fully saturated rings. The van der Waals surface area contributed by atoms with Crippen molar-refractivity contribution in [2.24, 2.45) is 0 Å². The van der Waals surface area contributed by atoms with Gasteiger partial charge in [-0.25, -0.2) is 8.78 Å². The quantitative estimate of drug-likeness (QED) is 0.798. The fraction of sp³-hybridized carbons (Fsp3) is 0.308. The van der Waals surface area contributed by atoms with Crippen LogP contribution < -0.4 is 5.32 Å². The zero-order valence-corrected chi connectivity index (χ0v) is 9.83. The van der Waals surface area contributed by atoms with E-state index in [0.717, 1.165) is 0 Å². The minimum atomic E-state index is -2.63. The molecule has 0 aliphatic heterocycles. The van der Waals surface area contributed by atoms with Crippen LogP contribution in [0.1, 0.15) is 23.2 Å². The lowest BCUT2D eigenvalue weighted by molar-refractivity contribution is -0.0901. The second-order valence-corrected chi connectivity index (χ2v) is 3.98. The van der Waals surface area contributed by atoms with Gasteiger partial charge in [0.25, 0.3) is 11.8 Å². The molecule has 1 aromatic carbocycles. The highest BCUT2D eigenvalue weighted by atomic mass is 19.3. The minimum Gasteiger partial charge on any atom is -0.508 e. The Labute approximate surface area is 104 Å². The van der Waals surface area contributed by atoms with E-state index in [4.69, 9.17) is 5.11 Å². The van der Waals surface area contributed by atoms with Gasteiger partial charge in [0.05, 0.1) is 0 Å². The number of carbonyl (C=O) groups excluding carboxylic acids is 1. The van der Waals surface area contributed by atoms with Gasteiger partial charge >= 0.3 is 0 Å². The molecule has 1 amide bonds. The SMILES string of the molecule is C=C.O=C(NC1CC(F)(F)C1)c1ccc(O)cc1. The number of phenolic OH excluding ortho intramolecular Hbond substituents is 1.